The summed E-state index contributed by atoms with van der Waals surface area (Å²) in [5.41, 5.74) is 0.222. The van der Waals surface area contributed by atoms with Gasteiger partial charge in [-0.15, -0.1) is 0 Å². The van der Waals surface area contributed by atoms with Gasteiger partial charge in [-0.05, 0) is 18.3 Å². The van der Waals surface area contributed by atoms with Crippen molar-refractivity contribution >= 4 is 7.14 Å². The highest BCUT2D eigenvalue weighted by molar-refractivity contribution is 7.63. The summed E-state index contributed by atoms with van der Waals surface area (Å²) in [6.45, 7) is 10.8. The molecule has 0 amide bonds. The Kier molecular flexibility index (Phi) is 5.29. The van der Waals surface area contributed by atoms with Gasteiger partial charge in [0.05, 0.1) is 7.14 Å². The van der Waals surface area contributed by atoms with E-state index in [9.17, 15) is 4.57 Å². The molecule has 0 fully saturated rings. The molecule has 0 spiro atoms. The first-order chi connectivity index (χ1) is 5.83. The zero-order valence-electron chi connectivity index (χ0n) is 9.89. The molecule has 0 aliphatic rings. The lowest BCUT2D eigenvalue weighted by Crippen LogP contribution is -2.14. The van der Waals surface area contributed by atoms with Gasteiger partial charge in [-0.1, -0.05) is 34.6 Å². The third-order valence-electron chi connectivity index (χ3n) is 2.02. The first kappa shape index (κ1) is 13.2. The molecule has 2 heteroatoms. The number of hydrogen-bond acceptors (Lipinski definition) is 1. The van der Waals surface area contributed by atoms with Gasteiger partial charge >= 0.3 is 0 Å². The Morgan fingerprint density at radius 1 is 1.00 bits per heavy atom. The lowest BCUT2D eigenvalue weighted by atomic mass is 10.0. The molecular weight excluding hydrogens is 179 g/mol. The molecule has 0 aromatic rings. The van der Waals surface area contributed by atoms with E-state index in [2.05, 4.69) is 34.6 Å². The fourth-order valence-corrected chi connectivity index (χ4v) is 5.85. The molecule has 0 saturated heterocycles. The van der Waals surface area contributed by atoms with E-state index in [0.29, 0.717) is 0 Å². The molecule has 0 N–H and O–H groups in total. The van der Waals surface area contributed by atoms with Crippen LogP contribution in [0.25, 0.3) is 0 Å². The fraction of sp³-hybridized carbons (Fsp3) is 1.00. The molecule has 0 heterocycles. The summed E-state index contributed by atoms with van der Waals surface area (Å²) < 4.78 is 12.4. The zero-order valence-corrected chi connectivity index (χ0v) is 10.8. The van der Waals surface area contributed by atoms with E-state index in [1.807, 2.05) is 0 Å². The van der Waals surface area contributed by atoms with Crippen molar-refractivity contribution in [3.05, 3.63) is 0 Å². The maximum atomic E-state index is 12.4. The summed E-state index contributed by atoms with van der Waals surface area (Å²) >= 11 is 0. The number of hydrogen-bond donors (Lipinski definition) is 0. The van der Waals surface area contributed by atoms with E-state index in [0.717, 1.165) is 31.3 Å². The highest BCUT2D eigenvalue weighted by Gasteiger charge is 2.26. The van der Waals surface area contributed by atoms with Crippen LogP contribution in [0.4, 0.5) is 0 Å². The van der Waals surface area contributed by atoms with Crippen LogP contribution in [0.1, 0.15) is 47.5 Å². The molecule has 80 valence electrons. The lowest BCUT2D eigenvalue weighted by molar-refractivity contribution is 0.460. The van der Waals surface area contributed by atoms with Gasteiger partial charge in [0.25, 0.3) is 0 Å². The largest absolute Gasteiger partial charge is 0.324 e. The molecule has 0 rings (SSSR count). The van der Waals surface area contributed by atoms with E-state index in [1.54, 1.807) is 0 Å². The standard InChI is InChI=1S/C11H25OP/c1-6-8-13(12,9-7-2)10-11(3,4)5/h6-10H2,1-5H3. The van der Waals surface area contributed by atoms with Crippen LogP contribution >= 0.6 is 7.14 Å². The molecule has 0 atom stereocenters. The monoisotopic (exact) mass is 204 g/mol. The molecule has 13 heavy (non-hydrogen) atoms. The predicted molar refractivity (Wildman–Crippen MR) is 62.2 cm³/mol. The third-order valence-corrected chi connectivity index (χ3v) is 6.07. The summed E-state index contributed by atoms with van der Waals surface area (Å²) in [5.74, 6) is 0. The molecule has 0 unspecified atom stereocenters. The Morgan fingerprint density at radius 3 is 1.62 bits per heavy atom. The first-order valence-corrected chi connectivity index (χ1v) is 7.66. The van der Waals surface area contributed by atoms with Crippen LogP contribution < -0.4 is 0 Å². The average molecular weight is 204 g/mol. The Labute approximate surface area is 83.7 Å². The number of rotatable bonds is 5. The predicted octanol–water partition coefficient (Wildman–Crippen LogP) is 4.22. The molecular formula is C11H25OP. The van der Waals surface area contributed by atoms with Gasteiger partial charge in [-0.3, -0.25) is 0 Å². The minimum absolute atomic E-state index is 0.222. The van der Waals surface area contributed by atoms with Crippen molar-refractivity contribution in [3.8, 4) is 0 Å². The Morgan fingerprint density at radius 2 is 1.38 bits per heavy atom. The van der Waals surface area contributed by atoms with Gasteiger partial charge in [-0.25, -0.2) is 0 Å². The topological polar surface area (TPSA) is 17.1 Å². The van der Waals surface area contributed by atoms with Crippen molar-refractivity contribution in [2.24, 2.45) is 5.41 Å². The van der Waals surface area contributed by atoms with Crippen molar-refractivity contribution in [1.82, 2.24) is 0 Å². The van der Waals surface area contributed by atoms with Gasteiger partial charge in [0.15, 0.2) is 0 Å². The maximum absolute atomic E-state index is 12.4. The summed E-state index contributed by atoms with van der Waals surface area (Å²) in [6.07, 6.45) is 4.93. The van der Waals surface area contributed by atoms with Gasteiger partial charge in [0.1, 0.15) is 0 Å². The van der Waals surface area contributed by atoms with E-state index in [-0.39, 0.29) is 5.41 Å². The summed E-state index contributed by atoms with van der Waals surface area (Å²) in [4.78, 5) is 0. The Balaban J connectivity index is 4.33. The molecule has 0 aromatic carbocycles. The SMILES string of the molecule is CCCP(=O)(CCC)CC(C)(C)C. The van der Waals surface area contributed by atoms with Gasteiger partial charge in [0.2, 0.25) is 0 Å². The van der Waals surface area contributed by atoms with Crippen LogP contribution in [0.15, 0.2) is 0 Å². The zero-order chi connectivity index (χ0) is 10.5. The normalized spacial score (nSPS) is 13.3. The van der Waals surface area contributed by atoms with Crippen LogP contribution in [0.3, 0.4) is 0 Å². The van der Waals surface area contributed by atoms with Crippen LogP contribution in [-0.2, 0) is 4.57 Å². The second-order valence-corrected chi connectivity index (χ2v) is 8.55. The van der Waals surface area contributed by atoms with Crippen LogP contribution in [-0.4, -0.2) is 18.5 Å². The summed E-state index contributed by atoms with van der Waals surface area (Å²) in [6, 6.07) is 0. The smallest absolute Gasteiger partial charge is 0.0882 e. The van der Waals surface area contributed by atoms with Gasteiger partial charge < -0.3 is 4.57 Å². The summed E-state index contributed by atoms with van der Waals surface area (Å²) in [7, 11) is -1.84. The fourth-order valence-electron chi connectivity index (χ4n) is 1.95. The van der Waals surface area contributed by atoms with Crippen molar-refractivity contribution in [2.75, 3.05) is 18.5 Å². The maximum Gasteiger partial charge on any atom is 0.0882 e. The first-order valence-electron chi connectivity index (χ1n) is 5.40. The Bertz CT molecular complexity index is 169. The second-order valence-electron chi connectivity index (χ2n) is 5.22. The minimum Gasteiger partial charge on any atom is -0.324 e. The highest BCUT2D eigenvalue weighted by Crippen LogP contribution is 2.50. The second kappa shape index (κ2) is 5.20. The average Bonchev–Trinajstić information content (AvgIpc) is 1.82. The quantitative estimate of drug-likeness (QED) is 0.613. The van der Waals surface area contributed by atoms with E-state index in [1.165, 1.54) is 0 Å². The van der Waals surface area contributed by atoms with Crippen LogP contribution in [0, 0.1) is 5.41 Å². The van der Waals surface area contributed by atoms with Crippen molar-refractivity contribution in [3.63, 3.8) is 0 Å². The highest BCUT2D eigenvalue weighted by atomic mass is 31.2. The molecule has 1 nitrogen and oxygen atoms in total. The van der Waals surface area contributed by atoms with Gasteiger partial charge in [0, 0.05) is 18.5 Å². The molecule has 0 aromatic heterocycles. The molecule has 0 radical (unpaired) electrons. The van der Waals surface area contributed by atoms with Crippen LogP contribution in [0.5, 0.6) is 0 Å². The van der Waals surface area contributed by atoms with Gasteiger partial charge in [-0.2, -0.15) is 0 Å². The molecule has 0 aliphatic carbocycles. The van der Waals surface area contributed by atoms with E-state index < -0.39 is 7.14 Å². The van der Waals surface area contributed by atoms with Crippen LogP contribution in [0.2, 0.25) is 0 Å². The molecule has 0 saturated carbocycles. The summed E-state index contributed by atoms with van der Waals surface area (Å²) in [5, 5.41) is 0. The van der Waals surface area contributed by atoms with E-state index >= 15 is 0 Å². The minimum atomic E-state index is -1.84. The van der Waals surface area contributed by atoms with Crippen molar-refractivity contribution in [1.29, 1.82) is 0 Å². The molecule has 0 aliphatic heterocycles. The third kappa shape index (κ3) is 6.32. The van der Waals surface area contributed by atoms with E-state index in [4.69, 9.17) is 0 Å². The van der Waals surface area contributed by atoms with Crippen molar-refractivity contribution in [2.45, 2.75) is 47.5 Å². The van der Waals surface area contributed by atoms with Crippen molar-refractivity contribution < 1.29 is 4.57 Å². The molecule has 0 bridgehead atoms. The lowest BCUT2D eigenvalue weighted by Gasteiger charge is -2.26. The Hall–Kier alpha value is 0.230.